The van der Waals surface area contributed by atoms with Crippen LogP contribution in [0.2, 0.25) is 10.0 Å². The van der Waals surface area contributed by atoms with Gasteiger partial charge >= 0.3 is 0 Å². The average molecular weight is 297 g/mol. The number of aromatic nitrogens is 1. The fourth-order valence-electron chi connectivity index (χ4n) is 1.83. The van der Waals surface area contributed by atoms with Gasteiger partial charge in [-0.3, -0.25) is 4.79 Å². The van der Waals surface area contributed by atoms with Crippen LogP contribution in [-0.4, -0.2) is 29.1 Å². The van der Waals surface area contributed by atoms with Crippen LogP contribution in [0.1, 0.15) is 6.42 Å². The van der Waals surface area contributed by atoms with E-state index < -0.39 is 27.8 Å². The number of halogens is 4. The van der Waals surface area contributed by atoms with Gasteiger partial charge in [0.25, 0.3) is 0 Å². The fraction of sp³-hybridized carbons (Fsp3) is 0.400. The van der Waals surface area contributed by atoms with Gasteiger partial charge in [0.1, 0.15) is 10.0 Å². The molecule has 2 rings (SSSR count). The minimum atomic E-state index is -1.23. The number of nitrogens with zero attached hydrogens (tertiary/aromatic N) is 2. The van der Waals surface area contributed by atoms with Crippen molar-refractivity contribution >= 4 is 34.8 Å². The van der Waals surface area contributed by atoms with Gasteiger partial charge in [0, 0.05) is 25.5 Å². The number of hydrogen-bond donors (Lipinski definition) is 1. The van der Waals surface area contributed by atoms with Crippen LogP contribution in [0.4, 0.5) is 14.5 Å². The van der Waals surface area contributed by atoms with E-state index in [1.165, 1.54) is 0 Å². The van der Waals surface area contributed by atoms with Crippen LogP contribution in [0, 0.1) is 17.8 Å². The highest BCUT2D eigenvalue weighted by molar-refractivity contribution is 6.39. The predicted molar refractivity (Wildman–Crippen MR) is 61.7 cm³/mol. The van der Waals surface area contributed by atoms with E-state index in [-0.39, 0.29) is 31.2 Å². The SMILES string of the molecule is O=C1CC(CO)CN1c1c(Cl)c(F)nc(F)c1Cl. The molecule has 4 nitrogen and oxygen atoms in total. The number of anilines is 1. The van der Waals surface area contributed by atoms with Crippen LogP contribution in [-0.2, 0) is 4.79 Å². The Morgan fingerprint density at radius 2 is 1.89 bits per heavy atom. The van der Waals surface area contributed by atoms with Crippen molar-refractivity contribution in [2.45, 2.75) is 6.42 Å². The fourth-order valence-corrected chi connectivity index (χ4v) is 2.36. The number of rotatable bonds is 2. The molecule has 0 aliphatic carbocycles. The molecule has 1 amide bonds. The Kier molecular flexibility index (Phi) is 3.70. The van der Waals surface area contributed by atoms with Crippen LogP contribution in [0.5, 0.6) is 0 Å². The molecule has 2 heterocycles. The van der Waals surface area contributed by atoms with Crippen molar-refractivity contribution in [3.05, 3.63) is 21.9 Å². The maximum atomic E-state index is 13.3. The summed E-state index contributed by atoms with van der Waals surface area (Å²) in [5.41, 5.74) is -0.232. The third kappa shape index (κ3) is 2.15. The molecule has 0 spiro atoms. The van der Waals surface area contributed by atoms with Gasteiger partial charge in [-0.2, -0.15) is 13.8 Å². The second-order valence-corrected chi connectivity index (χ2v) is 4.68. The summed E-state index contributed by atoms with van der Waals surface area (Å²) in [6, 6.07) is 0. The molecule has 8 heteroatoms. The molecule has 18 heavy (non-hydrogen) atoms. The van der Waals surface area contributed by atoms with Crippen LogP contribution < -0.4 is 4.90 Å². The molecule has 1 aromatic heterocycles. The molecule has 1 fully saturated rings. The van der Waals surface area contributed by atoms with Crippen molar-refractivity contribution in [3.8, 4) is 0 Å². The second kappa shape index (κ2) is 4.95. The van der Waals surface area contributed by atoms with Gasteiger partial charge in [-0.25, -0.2) is 0 Å². The van der Waals surface area contributed by atoms with Crippen molar-refractivity contribution in [1.29, 1.82) is 0 Å². The normalized spacial score (nSPS) is 19.7. The molecule has 1 aliphatic heterocycles. The molecule has 0 aromatic carbocycles. The molecule has 98 valence electrons. The van der Waals surface area contributed by atoms with Crippen molar-refractivity contribution in [2.75, 3.05) is 18.1 Å². The van der Waals surface area contributed by atoms with Gasteiger partial charge < -0.3 is 10.0 Å². The van der Waals surface area contributed by atoms with Crippen molar-refractivity contribution in [2.24, 2.45) is 5.92 Å². The first-order valence-electron chi connectivity index (χ1n) is 5.07. The zero-order chi connectivity index (χ0) is 13.4. The Balaban J connectivity index is 2.48. The van der Waals surface area contributed by atoms with Crippen LogP contribution in [0.25, 0.3) is 0 Å². The van der Waals surface area contributed by atoms with Crippen LogP contribution in [0.3, 0.4) is 0 Å². The summed E-state index contributed by atoms with van der Waals surface area (Å²) in [4.78, 5) is 15.7. The van der Waals surface area contributed by atoms with Crippen LogP contribution in [0.15, 0.2) is 0 Å². The first-order chi connectivity index (χ1) is 8.45. The highest BCUT2D eigenvalue weighted by Gasteiger charge is 2.34. The first kappa shape index (κ1) is 13.5. The van der Waals surface area contributed by atoms with Crippen molar-refractivity contribution < 1.29 is 18.7 Å². The summed E-state index contributed by atoms with van der Waals surface area (Å²) < 4.78 is 26.5. The monoisotopic (exact) mass is 296 g/mol. The van der Waals surface area contributed by atoms with Gasteiger partial charge in [0.05, 0.1) is 5.69 Å². The lowest BCUT2D eigenvalue weighted by Gasteiger charge is -2.19. The molecule has 0 saturated carbocycles. The maximum Gasteiger partial charge on any atom is 0.236 e. The summed E-state index contributed by atoms with van der Waals surface area (Å²) in [6.45, 7) is -0.0921. The molecular formula is C10H8Cl2F2N2O2. The van der Waals surface area contributed by atoms with Crippen molar-refractivity contribution in [1.82, 2.24) is 4.98 Å². The van der Waals surface area contributed by atoms with Gasteiger partial charge in [-0.15, -0.1) is 0 Å². The average Bonchev–Trinajstić information content (AvgIpc) is 2.69. The van der Waals surface area contributed by atoms with E-state index in [1.807, 2.05) is 0 Å². The lowest BCUT2D eigenvalue weighted by Crippen LogP contribution is -2.26. The minimum Gasteiger partial charge on any atom is -0.396 e. The smallest absolute Gasteiger partial charge is 0.236 e. The molecule has 1 N–H and O–H groups in total. The summed E-state index contributed by atoms with van der Waals surface area (Å²) >= 11 is 11.3. The van der Waals surface area contributed by atoms with Gasteiger partial charge in [-0.1, -0.05) is 23.2 Å². The predicted octanol–water partition coefficient (Wildman–Crippen LogP) is 2.01. The zero-order valence-corrected chi connectivity index (χ0v) is 10.5. The molecular weight excluding hydrogens is 289 g/mol. The molecule has 1 aromatic rings. The number of pyridine rings is 1. The Labute approximate surface area is 111 Å². The molecule has 1 unspecified atom stereocenters. The molecule has 0 bridgehead atoms. The van der Waals surface area contributed by atoms with E-state index in [1.54, 1.807) is 0 Å². The second-order valence-electron chi connectivity index (χ2n) is 3.93. The van der Waals surface area contributed by atoms with Crippen LogP contribution >= 0.6 is 23.2 Å². The first-order valence-corrected chi connectivity index (χ1v) is 5.82. The number of hydrogen-bond acceptors (Lipinski definition) is 3. The highest BCUT2D eigenvalue weighted by atomic mass is 35.5. The van der Waals surface area contributed by atoms with E-state index in [2.05, 4.69) is 4.98 Å². The third-order valence-electron chi connectivity index (χ3n) is 2.71. The lowest BCUT2D eigenvalue weighted by atomic mass is 10.1. The standard InChI is InChI=1S/C10H8Cl2F2N2O2/c11-6-8(7(12)10(14)15-9(6)13)16-2-4(3-17)1-5(16)18/h4,17H,1-3H2. The number of aliphatic hydroxyl groups is 1. The Morgan fingerprint density at radius 3 is 2.33 bits per heavy atom. The zero-order valence-electron chi connectivity index (χ0n) is 8.96. The van der Waals surface area contributed by atoms with Gasteiger partial charge in [0.2, 0.25) is 17.8 Å². The van der Waals surface area contributed by atoms with E-state index in [0.717, 1.165) is 4.90 Å². The van der Waals surface area contributed by atoms with Crippen molar-refractivity contribution in [3.63, 3.8) is 0 Å². The number of carbonyl (C=O) groups is 1. The summed E-state index contributed by atoms with van der Waals surface area (Å²) in [5, 5.41) is 7.98. The van der Waals surface area contributed by atoms with E-state index in [9.17, 15) is 13.6 Å². The maximum absolute atomic E-state index is 13.3. The molecule has 1 aliphatic rings. The summed E-state index contributed by atoms with van der Waals surface area (Å²) in [5.74, 6) is -3.16. The van der Waals surface area contributed by atoms with E-state index in [0.29, 0.717) is 0 Å². The molecule has 1 saturated heterocycles. The largest absolute Gasteiger partial charge is 0.396 e. The quantitative estimate of drug-likeness (QED) is 0.850. The number of amides is 1. The molecule has 1 atom stereocenters. The minimum absolute atomic E-state index is 0.0781. The topological polar surface area (TPSA) is 53.4 Å². The Morgan fingerprint density at radius 1 is 1.33 bits per heavy atom. The summed E-state index contributed by atoms with van der Waals surface area (Å²) in [6.07, 6.45) is 0.0781. The highest BCUT2D eigenvalue weighted by Crippen LogP contribution is 2.39. The number of aliphatic hydroxyl groups excluding tert-OH is 1. The third-order valence-corrected chi connectivity index (χ3v) is 3.38. The Bertz CT molecular complexity index is 487. The Hall–Kier alpha value is -0.980. The van der Waals surface area contributed by atoms with Gasteiger partial charge in [-0.05, 0) is 0 Å². The lowest BCUT2D eigenvalue weighted by molar-refractivity contribution is -0.117. The summed E-state index contributed by atoms with van der Waals surface area (Å²) in [7, 11) is 0. The number of carbonyl (C=O) groups excluding carboxylic acids is 1. The molecule has 0 radical (unpaired) electrons. The van der Waals surface area contributed by atoms with E-state index in [4.69, 9.17) is 28.3 Å². The van der Waals surface area contributed by atoms with E-state index >= 15 is 0 Å². The van der Waals surface area contributed by atoms with Gasteiger partial charge in [0.15, 0.2) is 0 Å².